The number of aliphatic hydroxyl groups is 1. The third-order valence-corrected chi connectivity index (χ3v) is 5.87. The highest BCUT2D eigenvalue weighted by atomic mass is 32.2. The van der Waals surface area contributed by atoms with Crippen LogP contribution in [0.2, 0.25) is 0 Å². The standard InChI is InChI=1S/C20H22F3NO2S/c1-18(12-24(2)13-18)19(25,15-6-10-17(27-3)11-7-15)14-4-8-16(9-5-14)26-20(21,22)23/h4-11,25H,12-13H2,1-3H3. The first-order valence-electron chi connectivity index (χ1n) is 8.49. The number of thioether (sulfide) groups is 1. The van der Waals surface area contributed by atoms with Crippen LogP contribution in [0.4, 0.5) is 13.2 Å². The number of hydrogen-bond donors (Lipinski definition) is 1. The SMILES string of the molecule is CSc1ccc(C(O)(c2ccc(OC(F)(F)F)cc2)C2(C)CN(C)C2)cc1. The highest BCUT2D eigenvalue weighted by molar-refractivity contribution is 7.98. The van der Waals surface area contributed by atoms with Crippen LogP contribution in [-0.4, -0.2) is 42.8 Å². The van der Waals surface area contributed by atoms with Gasteiger partial charge in [-0.1, -0.05) is 31.2 Å². The third kappa shape index (κ3) is 3.81. The van der Waals surface area contributed by atoms with Crippen LogP contribution in [0.5, 0.6) is 5.75 Å². The van der Waals surface area contributed by atoms with E-state index in [4.69, 9.17) is 0 Å². The van der Waals surface area contributed by atoms with Gasteiger partial charge in [0.1, 0.15) is 11.4 Å². The van der Waals surface area contributed by atoms with E-state index >= 15 is 0 Å². The summed E-state index contributed by atoms with van der Waals surface area (Å²) in [7, 11) is 1.97. The van der Waals surface area contributed by atoms with E-state index in [9.17, 15) is 18.3 Å². The number of hydrogen-bond acceptors (Lipinski definition) is 4. The fourth-order valence-corrected chi connectivity index (χ4v) is 4.38. The van der Waals surface area contributed by atoms with Gasteiger partial charge in [0.2, 0.25) is 0 Å². The quantitative estimate of drug-likeness (QED) is 0.754. The smallest absolute Gasteiger partial charge is 0.406 e. The van der Waals surface area contributed by atoms with Crippen molar-refractivity contribution in [2.24, 2.45) is 5.41 Å². The summed E-state index contributed by atoms with van der Waals surface area (Å²) < 4.78 is 41.2. The van der Waals surface area contributed by atoms with Crippen LogP contribution >= 0.6 is 11.8 Å². The van der Waals surface area contributed by atoms with Crippen LogP contribution in [0.3, 0.4) is 0 Å². The molecule has 0 bridgehead atoms. The maximum Gasteiger partial charge on any atom is 0.573 e. The summed E-state index contributed by atoms with van der Waals surface area (Å²) in [5.74, 6) is -0.304. The molecule has 0 aliphatic carbocycles. The van der Waals surface area contributed by atoms with Crippen LogP contribution in [0.15, 0.2) is 53.4 Å². The molecule has 27 heavy (non-hydrogen) atoms. The summed E-state index contributed by atoms with van der Waals surface area (Å²) in [6, 6.07) is 13.2. The Labute approximate surface area is 161 Å². The van der Waals surface area contributed by atoms with Crippen LogP contribution in [0.1, 0.15) is 18.1 Å². The molecule has 1 heterocycles. The van der Waals surface area contributed by atoms with E-state index in [0.29, 0.717) is 18.7 Å². The first kappa shape index (κ1) is 20.0. The number of alkyl halides is 3. The van der Waals surface area contributed by atoms with Crippen molar-refractivity contribution in [2.75, 3.05) is 26.4 Å². The molecule has 1 N–H and O–H groups in total. The topological polar surface area (TPSA) is 32.7 Å². The molecule has 1 fully saturated rings. The second-order valence-electron chi connectivity index (χ2n) is 7.24. The van der Waals surface area contributed by atoms with Crippen molar-refractivity contribution in [3.05, 3.63) is 59.7 Å². The first-order valence-corrected chi connectivity index (χ1v) is 9.72. The largest absolute Gasteiger partial charge is 0.573 e. The van der Waals surface area contributed by atoms with Crippen molar-refractivity contribution in [2.45, 2.75) is 23.8 Å². The van der Waals surface area contributed by atoms with Gasteiger partial charge in [-0.15, -0.1) is 24.9 Å². The molecule has 7 heteroatoms. The van der Waals surface area contributed by atoms with Crippen LogP contribution in [-0.2, 0) is 5.60 Å². The van der Waals surface area contributed by atoms with Gasteiger partial charge in [0.15, 0.2) is 0 Å². The molecule has 146 valence electrons. The normalized spacial score (nSPS) is 19.2. The average Bonchev–Trinajstić information content (AvgIpc) is 2.59. The lowest BCUT2D eigenvalue weighted by atomic mass is 9.62. The molecule has 1 aliphatic heterocycles. The van der Waals surface area contributed by atoms with Crippen molar-refractivity contribution in [3.63, 3.8) is 0 Å². The Kier molecular flexibility index (Phi) is 5.22. The van der Waals surface area contributed by atoms with E-state index < -0.39 is 17.4 Å². The maximum atomic E-state index is 12.4. The van der Waals surface area contributed by atoms with Gasteiger partial charge in [-0.2, -0.15) is 0 Å². The summed E-state index contributed by atoms with van der Waals surface area (Å²) in [5, 5.41) is 11.8. The average molecular weight is 397 g/mol. The first-order chi connectivity index (χ1) is 12.6. The molecule has 0 aromatic heterocycles. The van der Waals surface area contributed by atoms with Gasteiger partial charge < -0.3 is 14.7 Å². The molecular weight excluding hydrogens is 375 g/mol. The van der Waals surface area contributed by atoms with Crippen molar-refractivity contribution < 1.29 is 23.0 Å². The van der Waals surface area contributed by atoms with Gasteiger partial charge in [-0.05, 0) is 48.7 Å². The molecule has 0 saturated carbocycles. The highest BCUT2D eigenvalue weighted by Crippen LogP contribution is 2.50. The Morgan fingerprint density at radius 3 is 1.89 bits per heavy atom. The minimum absolute atomic E-state index is 0.304. The zero-order valence-electron chi connectivity index (χ0n) is 15.4. The lowest BCUT2D eigenvalue weighted by molar-refractivity contribution is -0.274. The van der Waals surface area contributed by atoms with E-state index in [1.807, 2.05) is 44.5 Å². The number of nitrogens with zero attached hydrogens (tertiary/aromatic N) is 1. The minimum Gasteiger partial charge on any atom is -0.406 e. The van der Waals surface area contributed by atoms with Crippen LogP contribution < -0.4 is 4.74 Å². The molecule has 0 radical (unpaired) electrons. The van der Waals surface area contributed by atoms with E-state index in [1.54, 1.807) is 11.8 Å². The molecule has 0 spiro atoms. The van der Waals surface area contributed by atoms with E-state index in [-0.39, 0.29) is 5.75 Å². The van der Waals surface area contributed by atoms with Crippen molar-refractivity contribution >= 4 is 11.8 Å². The van der Waals surface area contributed by atoms with E-state index in [1.165, 1.54) is 24.3 Å². The minimum atomic E-state index is -4.74. The zero-order valence-corrected chi connectivity index (χ0v) is 16.2. The maximum absolute atomic E-state index is 12.4. The summed E-state index contributed by atoms with van der Waals surface area (Å²) in [6.07, 6.45) is -2.77. The number of likely N-dealkylation sites (tertiary alicyclic amines) is 1. The van der Waals surface area contributed by atoms with Crippen molar-refractivity contribution in [1.82, 2.24) is 4.90 Å². The van der Waals surface area contributed by atoms with Crippen molar-refractivity contribution in [3.8, 4) is 5.75 Å². The van der Waals surface area contributed by atoms with Gasteiger partial charge in [0, 0.05) is 23.4 Å². The van der Waals surface area contributed by atoms with Gasteiger partial charge in [0.05, 0.1) is 0 Å². The molecule has 0 amide bonds. The molecule has 1 saturated heterocycles. The van der Waals surface area contributed by atoms with Gasteiger partial charge in [0.25, 0.3) is 0 Å². The Hall–Kier alpha value is -1.70. The number of halogens is 3. The predicted molar refractivity (Wildman–Crippen MR) is 100.0 cm³/mol. The molecule has 3 nitrogen and oxygen atoms in total. The van der Waals surface area contributed by atoms with Gasteiger partial charge in [-0.3, -0.25) is 0 Å². The number of ether oxygens (including phenoxy) is 1. The highest BCUT2D eigenvalue weighted by Gasteiger charge is 2.55. The Morgan fingerprint density at radius 2 is 1.48 bits per heavy atom. The third-order valence-electron chi connectivity index (χ3n) is 5.12. The summed E-state index contributed by atoms with van der Waals surface area (Å²) in [4.78, 5) is 3.17. The molecule has 1 unspecified atom stereocenters. The van der Waals surface area contributed by atoms with Gasteiger partial charge in [-0.25, -0.2) is 0 Å². The molecule has 1 atom stereocenters. The molecule has 2 aromatic rings. The zero-order chi connectivity index (χ0) is 19.9. The Bertz CT molecular complexity index is 786. The number of rotatable bonds is 5. The van der Waals surface area contributed by atoms with Gasteiger partial charge >= 0.3 is 6.36 Å². The van der Waals surface area contributed by atoms with E-state index in [0.717, 1.165) is 10.5 Å². The molecule has 3 rings (SSSR count). The lowest BCUT2D eigenvalue weighted by Gasteiger charge is -2.56. The molecule has 2 aromatic carbocycles. The second-order valence-corrected chi connectivity index (χ2v) is 8.12. The summed E-state index contributed by atoms with van der Waals surface area (Å²) in [5.41, 5.74) is -0.521. The van der Waals surface area contributed by atoms with E-state index in [2.05, 4.69) is 9.64 Å². The number of benzene rings is 2. The second kappa shape index (κ2) is 7.04. The van der Waals surface area contributed by atoms with Crippen LogP contribution in [0, 0.1) is 5.41 Å². The lowest BCUT2D eigenvalue weighted by Crippen LogP contribution is -2.63. The fraction of sp³-hybridized carbons (Fsp3) is 0.400. The summed E-state index contributed by atoms with van der Waals surface area (Å²) in [6.45, 7) is 3.35. The Morgan fingerprint density at radius 1 is 1.00 bits per heavy atom. The molecular formula is C20H22F3NO2S. The molecule has 1 aliphatic rings. The fourth-order valence-electron chi connectivity index (χ4n) is 3.97. The van der Waals surface area contributed by atoms with Crippen LogP contribution in [0.25, 0.3) is 0 Å². The monoisotopic (exact) mass is 397 g/mol. The summed E-state index contributed by atoms with van der Waals surface area (Å²) >= 11 is 1.61. The van der Waals surface area contributed by atoms with Crippen molar-refractivity contribution in [1.29, 1.82) is 0 Å². The Balaban J connectivity index is 2.02. The predicted octanol–water partition coefficient (Wildman–Crippen LogP) is 4.49.